The van der Waals surface area contributed by atoms with Crippen molar-refractivity contribution in [1.82, 2.24) is 13.9 Å². The monoisotopic (exact) mass is 495 g/mol. The van der Waals surface area contributed by atoms with Gasteiger partial charge in [-0.25, -0.2) is 18.2 Å². The number of aromatic nitrogens is 2. The second kappa shape index (κ2) is 8.52. The van der Waals surface area contributed by atoms with Crippen molar-refractivity contribution in [3.8, 4) is 0 Å². The van der Waals surface area contributed by atoms with E-state index in [1.165, 1.54) is 6.07 Å². The molecule has 4 rings (SSSR count). The Balaban J connectivity index is 1.59. The van der Waals surface area contributed by atoms with Crippen molar-refractivity contribution in [2.75, 3.05) is 13.1 Å². The van der Waals surface area contributed by atoms with E-state index in [0.29, 0.717) is 35.6 Å². The number of benzene rings is 1. The van der Waals surface area contributed by atoms with E-state index in [9.17, 15) is 13.2 Å². The number of hydrogen-bond donors (Lipinski definition) is 0. The van der Waals surface area contributed by atoms with Gasteiger partial charge in [-0.3, -0.25) is 0 Å². The SMILES string of the molecule is CCn1c(COC(=O)c2ccc(Br)o2)nc2cc(S(=O)(=O)N3CCCCC3)ccc21. The summed E-state index contributed by atoms with van der Waals surface area (Å²) in [5.74, 6) is 0.0405. The summed E-state index contributed by atoms with van der Waals surface area (Å²) in [7, 11) is -3.54. The molecule has 160 valence electrons. The highest BCUT2D eigenvalue weighted by Crippen LogP contribution is 2.25. The van der Waals surface area contributed by atoms with Gasteiger partial charge < -0.3 is 13.7 Å². The van der Waals surface area contributed by atoms with Crippen LogP contribution in [-0.2, 0) is 27.9 Å². The van der Waals surface area contributed by atoms with E-state index in [2.05, 4.69) is 20.9 Å². The third-order valence-corrected chi connectivity index (χ3v) is 7.50. The number of esters is 1. The van der Waals surface area contributed by atoms with Crippen LogP contribution in [0.2, 0.25) is 0 Å². The molecule has 3 heterocycles. The van der Waals surface area contributed by atoms with E-state index in [1.807, 2.05) is 11.5 Å². The van der Waals surface area contributed by atoms with E-state index in [4.69, 9.17) is 9.15 Å². The predicted octanol–water partition coefficient (Wildman–Crippen LogP) is 3.94. The molecule has 0 atom stereocenters. The first-order chi connectivity index (χ1) is 14.4. The zero-order valence-electron chi connectivity index (χ0n) is 16.5. The highest BCUT2D eigenvalue weighted by molar-refractivity contribution is 9.10. The molecule has 0 aliphatic carbocycles. The van der Waals surface area contributed by atoms with Crippen LogP contribution in [0.25, 0.3) is 11.0 Å². The number of furan rings is 1. The number of hydrogen-bond acceptors (Lipinski definition) is 6. The van der Waals surface area contributed by atoms with Gasteiger partial charge in [0.05, 0.1) is 15.9 Å². The molecule has 1 aromatic carbocycles. The lowest BCUT2D eigenvalue weighted by atomic mass is 10.2. The van der Waals surface area contributed by atoms with Crippen molar-refractivity contribution in [3.63, 3.8) is 0 Å². The third kappa shape index (κ3) is 4.03. The molecule has 0 unspecified atom stereocenters. The van der Waals surface area contributed by atoms with Gasteiger partial charge in [-0.1, -0.05) is 6.42 Å². The molecule has 0 bridgehead atoms. The van der Waals surface area contributed by atoms with Gasteiger partial charge in [0.25, 0.3) is 0 Å². The Morgan fingerprint density at radius 1 is 1.20 bits per heavy atom. The Morgan fingerprint density at radius 3 is 2.63 bits per heavy atom. The van der Waals surface area contributed by atoms with E-state index in [1.54, 1.807) is 28.6 Å². The Bertz CT molecular complexity index is 1180. The summed E-state index contributed by atoms with van der Waals surface area (Å²) >= 11 is 3.15. The number of carbonyl (C=O) groups excluding carboxylic acids is 1. The molecule has 1 aliphatic rings. The lowest BCUT2D eigenvalue weighted by Crippen LogP contribution is -2.35. The van der Waals surface area contributed by atoms with Gasteiger partial charge in [-0.05, 0) is 66.0 Å². The van der Waals surface area contributed by atoms with Crippen molar-refractivity contribution >= 4 is 43.0 Å². The van der Waals surface area contributed by atoms with Crippen LogP contribution in [0.15, 0.2) is 44.3 Å². The lowest BCUT2D eigenvalue weighted by molar-refractivity contribution is 0.0420. The second-order valence-electron chi connectivity index (χ2n) is 7.07. The first kappa shape index (κ1) is 21.1. The molecule has 1 saturated heterocycles. The van der Waals surface area contributed by atoms with Gasteiger partial charge in [0.2, 0.25) is 15.8 Å². The molecule has 1 fully saturated rings. The Morgan fingerprint density at radius 2 is 1.97 bits per heavy atom. The molecule has 30 heavy (non-hydrogen) atoms. The fourth-order valence-corrected chi connectivity index (χ4v) is 5.51. The van der Waals surface area contributed by atoms with Gasteiger partial charge in [-0.2, -0.15) is 4.31 Å². The Kier molecular flexibility index (Phi) is 5.99. The van der Waals surface area contributed by atoms with E-state index >= 15 is 0 Å². The molecule has 3 aromatic rings. The zero-order chi connectivity index (χ0) is 21.3. The maximum atomic E-state index is 13.0. The normalized spacial score (nSPS) is 15.5. The number of piperidine rings is 1. The van der Waals surface area contributed by atoms with Crippen LogP contribution in [-0.4, -0.2) is 41.3 Å². The summed E-state index contributed by atoms with van der Waals surface area (Å²) < 4.78 is 40.4. The first-order valence-electron chi connectivity index (χ1n) is 9.82. The Hall–Kier alpha value is -2.17. The summed E-state index contributed by atoms with van der Waals surface area (Å²) in [6.45, 7) is 3.61. The van der Waals surface area contributed by atoms with Crippen LogP contribution in [0.1, 0.15) is 42.6 Å². The lowest BCUT2D eigenvalue weighted by Gasteiger charge is -2.25. The summed E-state index contributed by atoms with van der Waals surface area (Å²) in [6.07, 6.45) is 2.82. The van der Waals surface area contributed by atoms with Crippen LogP contribution in [0.4, 0.5) is 0 Å². The van der Waals surface area contributed by atoms with Crippen LogP contribution in [0.3, 0.4) is 0 Å². The third-order valence-electron chi connectivity index (χ3n) is 5.17. The predicted molar refractivity (Wildman–Crippen MR) is 114 cm³/mol. The van der Waals surface area contributed by atoms with E-state index < -0.39 is 16.0 Å². The van der Waals surface area contributed by atoms with Crippen molar-refractivity contribution in [1.29, 1.82) is 0 Å². The van der Waals surface area contributed by atoms with Crippen LogP contribution >= 0.6 is 15.9 Å². The molecular formula is C20H22BrN3O5S. The molecular weight excluding hydrogens is 474 g/mol. The molecule has 2 aromatic heterocycles. The molecule has 10 heteroatoms. The van der Waals surface area contributed by atoms with Gasteiger partial charge in [0, 0.05) is 19.6 Å². The number of carbonyl (C=O) groups is 1. The minimum atomic E-state index is -3.54. The number of nitrogens with zero attached hydrogens (tertiary/aromatic N) is 3. The molecule has 0 radical (unpaired) electrons. The average molecular weight is 496 g/mol. The first-order valence-corrected chi connectivity index (χ1v) is 12.0. The largest absolute Gasteiger partial charge is 0.452 e. The van der Waals surface area contributed by atoms with Crippen LogP contribution in [0.5, 0.6) is 0 Å². The highest BCUT2D eigenvalue weighted by atomic mass is 79.9. The minimum absolute atomic E-state index is 0.0477. The molecule has 0 saturated carbocycles. The number of rotatable bonds is 6. The zero-order valence-corrected chi connectivity index (χ0v) is 18.9. The number of aryl methyl sites for hydroxylation is 1. The minimum Gasteiger partial charge on any atom is -0.452 e. The molecule has 1 aliphatic heterocycles. The fourth-order valence-electron chi connectivity index (χ4n) is 3.66. The van der Waals surface area contributed by atoms with Gasteiger partial charge >= 0.3 is 5.97 Å². The molecule has 8 nitrogen and oxygen atoms in total. The van der Waals surface area contributed by atoms with E-state index in [-0.39, 0.29) is 17.3 Å². The van der Waals surface area contributed by atoms with Crippen LogP contribution < -0.4 is 0 Å². The maximum absolute atomic E-state index is 13.0. The maximum Gasteiger partial charge on any atom is 0.374 e. The summed E-state index contributed by atoms with van der Waals surface area (Å²) in [6, 6.07) is 8.11. The summed E-state index contributed by atoms with van der Waals surface area (Å²) in [5, 5.41) is 0. The van der Waals surface area contributed by atoms with Gasteiger partial charge in [0.15, 0.2) is 4.67 Å². The van der Waals surface area contributed by atoms with Crippen molar-refractivity contribution < 1.29 is 22.4 Å². The molecule has 0 spiro atoms. The smallest absolute Gasteiger partial charge is 0.374 e. The average Bonchev–Trinajstić information content (AvgIpc) is 3.35. The van der Waals surface area contributed by atoms with Crippen molar-refractivity contribution in [2.24, 2.45) is 0 Å². The van der Waals surface area contributed by atoms with Gasteiger partial charge in [-0.15, -0.1) is 0 Å². The van der Waals surface area contributed by atoms with E-state index in [0.717, 1.165) is 24.8 Å². The number of sulfonamides is 1. The van der Waals surface area contributed by atoms with Crippen molar-refractivity contribution in [2.45, 2.75) is 44.2 Å². The standard InChI is InChI=1S/C20H22BrN3O5S/c1-2-24-16-7-6-14(30(26,27)23-10-4-3-5-11-23)12-15(16)22-19(24)13-28-20(25)17-8-9-18(21)29-17/h6-9,12H,2-5,10-11,13H2,1H3. The quantitative estimate of drug-likeness (QED) is 0.480. The molecule has 0 N–H and O–H groups in total. The number of ether oxygens (including phenoxy) is 1. The summed E-state index contributed by atoms with van der Waals surface area (Å²) in [5.41, 5.74) is 1.35. The number of imidazole rings is 1. The van der Waals surface area contributed by atoms with Gasteiger partial charge in [0.1, 0.15) is 12.4 Å². The van der Waals surface area contributed by atoms with Crippen molar-refractivity contribution in [3.05, 3.63) is 46.6 Å². The Labute approximate surface area is 183 Å². The number of halogens is 1. The topological polar surface area (TPSA) is 94.6 Å². The number of fused-ring (bicyclic) bond motifs is 1. The fraction of sp³-hybridized carbons (Fsp3) is 0.400. The summed E-state index contributed by atoms with van der Waals surface area (Å²) in [4.78, 5) is 16.9. The van der Waals surface area contributed by atoms with Crippen LogP contribution in [0, 0.1) is 0 Å². The highest BCUT2D eigenvalue weighted by Gasteiger charge is 2.27. The second-order valence-corrected chi connectivity index (χ2v) is 9.79. The molecule has 0 amide bonds.